The first-order chi connectivity index (χ1) is 15.8. The minimum Gasteiger partial charge on any atom is -0.461 e. The molecule has 6 nitrogen and oxygen atoms in total. The predicted octanol–water partition coefficient (Wildman–Crippen LogP) is 4.91. The molecule has 0 radical (unpaired) electrons. The number of carbonyl (C=O) groups is 2. The molecule has 0 unspecified atom stereocenters. The molecule has 0 bridgehead atoms. The van der Waals surface area contributed by atoms with Gasteiger partial charge in [-0.05, 0) is 50.6 Å². The second-order valence-corrected chi connectivity index (χ2v) is 9.19. The molecule has 3 aromatic rings. The first kappa shape index (κ1) is 25.2. The summed E-state index contributed by atoms with van der Waals surface area (Å²) in [5.74, 6) is -3.64. The van der Waals surface area contributed by atoms with Crippen LogP contribution in [0, 0.1) is 19.7 Å². The number of hydrogen-bond acceptors (Lipinski definition) is 5. The van der Waals surface area contributed by atoms with Gasteiger partial charge in [0.25, 0.3) is 10.0 Å². The summed E-state index contributed by atoms with van der Waals surface area (Å²) in [7, 11) is -4.36. The molecule has 0 aliphatic heterocycles. The number of alkyl halides is 3. The zero-order valence-electron chi connectivity index (χ0n) is 18.2. The van der Waals surface area contributed by atoms with Crippen LogP contribution in [-0.2, 0) is 20.9 Å². The van der Waals surface area contributed by atoms with Gasteiger partial charge in [-0.1, -0.05) is 23.8 Å². The lowest BCUT2D eigenvalue weighted by Gasteiger charge is -2.10. The Bertz CT molecular complexity index is 1370. The molecule has 0 N–H and O–H groups in total. The molecular formula is C23H19F4NO5S. The Balaban J connectivity index is 2.18. The molecule has 0 fully saturated rings. The maximum Gasteiger partial charge on any atom is 0.419 e. The zero-order chi connectivity index (χ0) is 25.4. The number of aromatic nitrogens is 1. The average molecular weight is 497 g/mol. The molecule has 2 aromatic carbocycles. The molecule has 0 aliphatic carbocycles. The number of benzene rings is 2. The van der Waals surface area contributed by atoms with Gasteiger partial charge in [0.15, 0.2) is 5.78 Å². The van der Waals surface area contributed by atoms with E-state index in [0.717, 1.165) is 17.8 Å². The number of rotatable bonds is 6. The molecule has 0 saturated heterocycles. The third-order valence-electron chi connectivity index (χ3n) is 5.05. The highest BCUT2D eigenvalue weighted by atomic mass is 32.2. The smallest absolute Gasteiger partial charge is 0.419 e. The second-order valence-electron chi connectivity index (χ2n) is 7.37. The molecule has 3 rings (SSSR count). The molecule has 1 heterocycles. The van der Waals surface area contributed by atoms with Crippen LogP contribution in [0.5, 0.6) is 0 Å². The third-order valence-corrected chi connectivity index (χ3v) is 6.73. The minimum absolute atomic E-state index is 0.0819. The maximum atomic E-state index is 14.0. The highest BCUT2D eigenvalue weighted by molar-refractivity contribution is 7.90. The van der Waals surface area contributed by atoms with Gasteiger partial charge in [-0.25, -0.2) is 21.6 Å². The fourth-order valence-corrected chi connectivity index (χ4v) is 4.70. The van der Waals surface area contributed by atoms with E-state index < -0.39 is 50.6 Å². The summed E-state index contributed by atoms with van der Waals surface area (Å²) in [5, 5.41) is 0. The van der Waals surface area contributed by atoms with Gasteiger partial charge < -0.3 is 4.74 Å². The summed E-state index contributed by atoms with van der Waals surface area (Å²) in [6.07, 6.45) is -4.07. The van der Waals surface area contributed by atoms with E-state index in [9.17, 15) is 35.6 Å². The van der Waals surface area contributed by atoms with E-state index in [1.165, 1.54) is 26.0 Å². The Morgan fingerprint density at radius 3 is 2.18 bits per heavy atom. The Hall–Kier alpha value is -3.47. The Labute approximate surface area is 192 Å². The number of halogens is 4. The lowest BCUT2D eigenvalue weighted by atomic mass is 10.0. The number of hydrogen-bond donors (Lipinski definition) is 0. The van der Waals surface area contributed by atoms with Crippen LogP contribution in [0.25, 0.3) is 0 Å². The van der Waals surface area contributed by atoms with Gasteiger partial charge in [0, 0.05) is 17.3 Å². The minimum atomic E-state index is -4.95. The molecular weight excluding hydrogens is 478 g/mol. The molecule has 0 atom stereocenters. The van der Waals surface area contributed by atoms with Crippen LogP contribution in [0.1, 0.15) is 50.0 Å². The van der Waals surface area contributed by atoms with Crippen molar-refractivity contribution in [2.75, 3.05) is 6.61 Å². The van der Waals surface area contributed by atoms with Crippen molar-refractivity contribution in [3.05, 3.63) is 88.0 Å². The molecule has 0 aliphatic rings. The molecule has 34 heavy (non-hydrogen) atoms. The third kappa shape index (κ3) is 4.60. The first-order valence-corrected chi connectivity index (χ1v) is 11.4. The van der Waals surface area contributed by atoms with Crippen LogP contribution in [0.2, 0.25) is 0 Å². The van der Waals surface area contributed by atoms with E-state index in [4.69, 9.17) is 4.74 Å². The van der Waals surface area contributed by atoms with Gasteiger partial charge in [0.1, 0.15) is 11.5 Å². The maximum absolute atomic E-state index is 14.0. The first-order valence-electron chi connectivity index (χ1n) is 9.91. The van der Waals surface area contributed by atoms with Crippen LogP contribution in [0.4, 0.5) is 17.6 Å². The summed E-state index contributed by atoms with van der Waals surface area (Å²) < 4.78 is 84.7. The number of ketones is 1. The predicted molar refractivity (Wildman–Crippen MR) is 114 cm³/mol. The van der Waals surface area contributed by atoms with Crippen LogP contribution in [0.15, 0.2) is 53.6 Å². The normalized spacial score (nSPS) is 12.0. The van der Waals surface area contributed by atoms with Crippen molar-refractivity contribution in [1.82, 2.24) is 3.97 Å². The fourth-order valence-electron chi connectivity index (χ4n) is 3.30. The van der Waals surface area contributed by atoms with E-state index in [-0.39, 0.29) is 22.6 Å². The van der Waals surface area contributed by atoms with Gasteiger partial charge in [0.05, 0.1) is 17.1 Å². The lowest BCUT2D eigenvalue weighted by Crippen LogP contribution is -2.20. The Kier molecular flexibility index (Phi) is 6.70. The van der Waals surface area contributed by atoms with Gasteiger partial charge in [-0.3, -0.25) is 4.79 Å². The van der Waals surface area contributed by atoms with Crippen molar-refractivity contribution >= 4 is 21.8 Å². The Morgan fingerprint density at radius 1 is 1.03 bits per heavy atom. The SMILES string of the molecule is CCOC(=O)c1c(C)c(C(=O)c2ccc(C(F)(F)F)c(F)c2)cn1S(=O)(=O)c1ccc(C)cc1. The van der Waals surface area contributed by atoms with Crippen molar-refractivity contribution in [2.45, 2.75) is 31.8 Å². The van der Waals surface area contributed by atoms with Crippen molar-refractivity contribution in [2.24, 2.45) is 0 Å². The molecule has 11 heteroatoms. The van der Waals surface area contributed by atoms with E-state index in [0.29, 0.717) is 16.1 Å². The number of nitrogens with zero attached hydrogens (tertiary/aromatic N) is 1. The van der Waals surface area contributed by atoms with Gasteiger partial charge in [0.2, 0.25) is 0 Å². The standard InChI is InChI=1S/C23H19F4NO5S/c1-4-33-22(30)20-14(3)17(12-28(20)34(31,32)16-8-5-13(2)6-9-16)21(29)15-7-10-18(19(24)11-15)23(25,26)27/h5-12H,4H2,1-3H3. The van der Waals surface area contributed by atoms with Crippen LogP contribution < -0.4 is 0 Å². The summed E-state index contributed by atoms with van der Waals surface area (Å²) >= 11 is 0. The topological polar surface area (TPSA) is 82.4 Å². The molecule has 0 amide bonds. The van der Waals surface area contributed by atoms with E-state index >= 15 is 0 Å². The van der Waals surface area contributed by atoms with Crippen molar-refractivity contribution in [1.29, 1.82) is 0 Å². The van der Waals surface area contributed by atoms with Crippen LogP contribution in [-0.4, -0.2) is 30.7 Å². The number of esters is 1. The van der Waals surface area contributed by atoms with E-state index in [1.807, 2.05) is 0 Å². The average Bonchev–Trinajstić information content (AvgIpc) is 3.10. The molecule has 1 aromatic heterocycles. The lowest BCUT2D eigenvalue weighted by molar-refractivity contribution is -0.140. The van der Waals surface area contributed by atoms with Crippen molar-refractivity contribution < 1.29 is 40.3 Å². The summed E-state index contributed by atoms with van der Waals surface area (Å²) in [5.41, 5.74) is -2.05. The summed E-state index contributed by atoms with van der Waals surface area (Å²) in [4.78, 5) is 25.5. The Morgan fingerprint density at radius 2 is 1.65 bits per heavy atom. The van der Waals surface area contributed by atoms with Crippen LogP contribution in [0.3, 0.4) is 0 Å². The summed E-state index contributed by atoms with van der Waals surface area (Å²) in [6, 6.07) is 7.35. The molecule has 0 saturated carbocycles. The van der Waals surface area contributed by atoms with E-state index in [2.05, 4.69) is 0 Å². The zero-order valence-corrected chi connectivity index (χ0v) is 19.1. The van der Waals surface area contributed by atoms with E-state index in [1.54, 1.807) is 19.1 Å². The fraction of sp³-hybridized carbons (Fsp3) is 0.217. The number of carbonyl (C=O) groups excluding carboxylic acids is 2. The van der Waals surface area contributed by atoms with Crippen LogP contribution >= 0.6 is 0 Å². The van der Waals surface area contributed by atoms with Gasteiger partial charge in [-0.2, -0.15) is 13.2 Å². The highest BCUT2D eigenvalue weighted by Crippen LogP contribution is 2.32. The second kappa shape index (κ2) is 9.05. The van der Waals surface area contributed by atoms with Gasteiger partial charge in [-0.15, -0.1) is 0 Å². The number of aryl methyl sites for hydroxylation is 1. The number of ether oxygens (including phenoxy) is 1. The summed E-state index contributed by atoms with van der Waals surface area (Å²) in [6.45, 7) is 4.47. The highest BCUT2D eigenvalue weighted by Gasteiger charge is 2.35. The van der Waals surface area contributed by atoms with Gasteiger partial charge >= 0.3 is 12.1 Å². The largest absolute Gasteiger partial charge is 0.461 e. The molecule has 180 valence electrons. The van der Waals surface area contributed by atoms with Crippen molar-refractivity contribution in [3.63, 3.8) is 0 Å². The molecule has 0 spiro atoms. The quantitative estimate of drug-likeness (QED) is 0.275. The monoisotopic (exact) mass is 497 g/mol. The van der Waals surface area contributed by atoms with Crippen molar-refractivity contribution in [3.8, 4) is 0 Å².